The van der Waals surface area contributed by atoms with Crippen molar-refractivity contribution in [1.82, 2.24) is 4.98 Å². The van der Waals surface area contributed by atoms with Crippen molar-refractivity contribution in [1.29, 1.82) is 0 Å². The van der Waals surface area contributed by atoms with E-state index >= 15 is 0 Å². The lowest BCUT2D eigenvalue weighted by atomic mass is 10.1. The van der Waals surface area contributed by atoms with Crippen LogP contribution in [0.25, 0.3) is 10.4 Å². The Morgan fingerprint density at radius 3 is 2.57 bits per heavy atom. The summed E-state index contributed by atoms with van der Waals surface area (Å²) in [7, 11) is 0. The standard InChI is InChI=1S/C12H5F4N3OS/c13-4-7-5(3-6-10(17-7)19-11(20)18-6)8-1-2-9(21-8)12(14,15)16/h1-3H,4H2. The fraction of sp³-hybridized carbons (Fsp3) is 0.167. The van der Waals surface area contributed by atoms with Gasteiger partial charge in [-0.1, -0.05) is 0 Å². The van der Waals surface area contributed by atoms with E-state index in [9.17, 15) is 22.4 Å². The maximum absolute atomic E-state index is 13.0. The average molecular weight is 315 g/mol. The van der Waals surface area contributed by atoms with E-state index in [0.717, 1.165) is 6.07 Å². The smallest absolute Gasteiger partial charge is 0.244 e. The van der Waals surface area contributed by atoms with Crippen molar-refractivity contribution in [3.8, 4) is 10.4 Å². The summed E-state index contributed by atoms with van der Waals surface area (Å²) >= 11 is 0.480. The molecule has 0 fully saturated rings. The highest BCUT2D eigenvalue weighted by atomic mass is 32.1. The van der Waals surface area contributed by atoms with Crippen LogP contribution in [0.15, 0.2) is 28.2 Å². The third kappa shape index (κ3) is 2.44. The van der Waals surface area contributed by atoms with Gasteiger partial charge in [0.2, 0.25) is 0 Å². The van der Waals surface area contributed by atoms with Gasteiger partial charge in [0, 0.05) is 10.4 Å². The Kier molecular flexibility index (Phi) is 3.08. The lowest BCUT2D eigenvalue weighted by molar-refractivity contribution is -0.134. The lowest BCUT2D eigenvalue weighted by Crippen LogP contribution is -2.27. The van der Waals surface area contributed by atoms with Crippen molar-refractivity contribution in [3.05, 3.63) is 39.6 Å². The first-order valence-corrected chi connectivity index (χ1v) is 6.45. The van der Waals surface area contributed by atoms with Gasteiger partial charge in [-0.25, -0.2) is 14.2 Å². The second-order valence-corrected chi connectivity index (χ2v) is 5.21. The molecule has 0 saturated heterocycles. The summed E-state index contributed by atoms with van der Waals surface area (Å²) in [6.45, 7) is -0.981. The maximum Gasteiger partial charge on any atom is 0.425 e. The number of carbonyl (C=O) groups excluding carboxylic acids is 1. The summed E-state index contributed by atoms with van der Waals surface area (Å²) in [5, 5.41) is 0.133. The number of alkyl halides is 4. The van der Waals surface area contributed by atoms with Gasteiger partial charge in [0.1, 0.15) is 16.9 Å². The minimum absolute atomic E-state index is 0.0102. The molecule has 3 rings (SSSR count). The molecule has 0 unspecified atom stereocenters. The van der Waals surface area contributed by atoms with Gasteiger partial charge in [-0.3, -0.25) is 0 Å². The van der Waals surface area contributed by atoms with Gasteiger partial charge in [0.15, 0.2) is 5.49 Å². The Balaban J connectivity index is 2.18. The molecule has 9 heteroatoms. The van der Waals surface area contributed by atoms with Crippen LogP contribution in [-0.4, -0.2) is 11.0 Å². The number of halogens is 4. The molecular formula is C12H5F4N3OS. The van der Waals surface area contributed by atoms with Crippen LogP contribution in [0.5, 0.6) is 0 Å². The van der Waals surface area contributed by atoms with Crippen LogP contribution in [0, 0.1) is 0 Å². The molecule has 2 amide bonds. The van der Waals surface area contributed by atoms with E-state index in [1.54, 1.807) is 0 Å². The molecule has 1 aliphatic heterocycles. The molecule has 108 valence electrons. The summed E-state index contributed by atoms with van der Waals surface area (Å²) in [6.07, 6.45) is -4.46. The number of aromatic nitrogens is 1. The molecule has 0 N–H and O–H groups in total. The minimum Gasteiger partial charge on any atom is -0.244 e. The molecule has 0 bridgehead atoms. The molecule has 2 aromatic heterocycles. The van der Waals surface area contributed by atoms with Crippen LogP contribution in [-0.2, 0) is 12.9 Å². The van der Waals surface area contributed by atoms with E-state index in [1.807, 2.05) is 0 Å². The van der Waals surface area contributed by atoms with Crippen LogP contribution in [0.1, 0.15) is 10.6 Å². The van der Waals surface area contributed by atoms with Crippen LogP contribution in [0.4, 0.5) is 22.4 Å². The Labute approximate surface area is 118 Å². The molecule has 0 aromatic carbocycles. The summed E-state index contributed by atoms with van der Waals surface area (Å²) in [5.41, 5.74) is 0.104. The SMILES string of the molecule is O=C1N=c2cc(-c3ccc(C(F)(F)F)s3)c(CF)nc2=N1. The topological polar surface area (TPSA) is 54.7 Å². The van der Waals surface area contributed by atoms with Gasteiger partial charge in [0.25, 0.3) is 0 Å². The van der Waals surface area contributed by atoms with Crippen LogP contribution in [0.3, 0.4) is 0 Å². The number of hydrogen-bond donors (Lipinski definition) is 0. The average Bonchev–Trinajstić information content (AvgIpc) is 3.00. The van der Waals surface area contributed by atoms with Crippen molar-refractivity contribution in [2.24, 2.45) is 9.98 Å². The Hall–Kier alpha value is -2.16. The predicted octanol–water partition coefficient (Wildman–Crippen LogP) is 2.67. The first-order valence-electron chi connectivity index (χ1n) is 5.63. The fourth-order valence-corrected chi connectivity index (χ4v) is 2.77. The van der Waals surface area contributed by atoms with E-state index in [4.69, 9.17) is 0 Å². The highest BCUT2D eigenvalue weighted by Crippen LogP contribution is 2.38. The van der Waals surface area contributed by atoms with E-state index in [1.165, 1.54) is 12.1 Å². The number of urea groups is 1. The minimum atomic E-state index is -4.46. The number of amides is 2. The zero-order valence-corrected chi connectivity index (χ0v) is 10.9. The Morgan fingerprint density at radius 2 is 1.95 bits per heavy atom. The second kappa shape index (κ2) is 4.69. The largest absolute Gasteiger partial charge is 0.425 e. The summed E-state index contributed by atoms with van der Waals surface area (Å²) in [5.74, 6) is 0. The second-order valence-electron chi connectivity index (χ2n) is 4.13. The highest BCUT2D eigenvalue weighted by molar-refractivity contribution is 7.15. The first kappa shape index (κ1) is 13.8. The van der Waals surface area contributed by atoms with E-state index in [2.05, 4.69) is 15.0 Å². The summed E-state index contributed by atoms with van der Waals surface area (Å²) in [4.78, 5) is 21.4. The molecule has 0 atom stereocenters. The number of fused-ring (bicyclic) bond motifs is 1. The van der Waals surface area contributed by atoms with Gasteiger partial charge in [0.05, 0.1) is 5.69 Å². The molecule has 0 radical (unpaired) electrons. The molecule has 0 saturated carbocycles. The molecule has 2 aromatic rings. The third-order valence-electron chi connectivity index (χ3n) is 2.76. The van der Waals surface area contributed by atoms with Crippen molar-refractivity contribution in [2.45, 2.75) is 12.9 Å². The molecule has 4 nitrogen and oxygen atoms in total. The lowest BCUT2D eigenvalue weighted by Gasteiger charge is -2.03. The number of nitrogens with zero attached hydrogens (tertiary/aromatic N) is 3. The quantitative estimate of drug-likeness (QED) is 0.800. The fourth-order valence-electron chi connectivity index (χ4n) is 1.86. The van der Waals surface area contributed by atoms with Crippen molar-refractivity contribution >= 4 is 17.4 Å². The number of hydrogen-bond acceptors (Lipinski definition) is 3. The summed E-state index contributed by atoms with van der Waals surface area (Å²) < 4.78 is 50.9. The van der Waals surface area contributed by atoms with E-state index < -0.39 is 23.8 Å². The van der Waals surface area contributed by atoms with Gasteiger partial charge in [-0.05, 0) is 18.2 Å². The van der Waals surface area contributed by atoms with Crippen LogP contribution >= 0.6 is 11.3 Å². The van der Waals surface area contributed by atoms with Gasteiger partial charge in [-0.2, -0.15) is 23.2 Å². The van der Waals surface area contributed by atoms with Gasteiger partial charge >= 0.3 is 12.2 Å². The number of pyridine rings is 1. The van der Waals surface area contributed by atoms with Crippen LogP contribution < -0.4 is 10.8 Å². The zero-order chi connectivity index (χ0) is 15.2. The first-order chi connectivity index (χ1) is 9.88. The number of carbonyl (C=O) groups is 1. The Bertz CT molecular complexity index is 856. The zero-order valence-electron chi connectivity index (χ0n) is 10.1. The van der Waals surface area contributed by atoms with E-state index in [-0.39, 0.29) is 27.0 Å². The number of thiophene rings is 1. The molecule has 21 heavy (non-hydrogen) atoms. The summed E-state index contributed by atoms with van der Waals surface area (Å²) in [6, 6.07) is 2.73. The molecular weight excluding hydrogens is 310 g/mol. The van der Waals surface area contributed by atoms with Crippen molar-refractivity contribution < 1.29 is 22.4 Å². The predicted molar refractivity (Wildman–Crippen MR) is 65.1 cm³/mol. The van der Waals surface area contributed by atoms with Crippen molar-refractivity contribution in [3.63, 3.8) is 0 Å². The molecule has 0 spiro atoms. The molecule has 3 heterocycles. The number of rotatable bonds is 2. The normalized spacial score (nSPS) is 13.8. The molecule has 1 aliphatic rings. The Morgan fingerprint density at radius 1 is 1.19 bits per heavy atom. The monoisotopic (exact) mass is 315 g/mol. The van der Waals surface area contributed by atoms with Crippen LogP contribution in [0.2, 0.25) is 0 Å². The third-order valence-corrected chi connectivity index (χ3v) is 3.92. The van der Waals surface area contributed by atoms with E-state index in [0.29, 0.717) is 11.3 Å². The van der Waals surface area contributed by atoms with Gasteiger partial charge in [-0.15, -0.1) is 11.3 Å². The maximum atomic E-state index is 13.0. The van der Waals surface area contributed by atoms with Gasteiger partial charge < -0.3 is 0 Å². The highest BCUT2D eigenvalue weighted by Gasteiger charge is 2.32. The molecule has 0 aliphatic carbocycles. The van der Waals surface area contributed by atoms with Crippen molar-refractivity contribution in [2.75, 3.05) is 0 Å².